The number of carbonyl (C=O) groups is 1. The standard InChI is InChI=1S/C23H28N2O3S/c1-15-5-8-20(11-16(15)2)24-22(26)14-27-21-9-6-19(7-10-21)23(29)25-12-17(3)28-18(4)13-25/h5-11,17-18H,12-14H2,1-4H3,(H,24,26)/t17-,18+. The van der Waals surface area contributed by atoms with E-state index in [1.165, 1.54) is 5.56 Å². The van der Waals surface area contributed by atoms with Crippen molar-refractivity contribution >= 4 is 28.8 Å². The summed E-state index contributed by atoms with van der Waals surface area (Å²) in [5.74, 6) is 0.444. The van der Waals surface area contributed by atoms with Gasteiger partial charge in [-0.15, -0.1) is 0 Å². The predicted molar refractivity (Wildman–Crippen MR) is 120 cm³/mol. The molecule has 154 valence electrons. The Kier molecular flexibility index (Phi) is 6.87. The van der Waals surface area contributed by atoms with Crippen LogP contribution in [0.2, 0.25) is 0 Å². The number of thiocarbonyl (C=S) groups is 1. The number of benzene rings is 2. The van der Waals surface area contributed by atoms with Crippen molar-refractivity contribution in [3.8, 4) is 5.75 Å². The van der Waals surface area contributed by atoms with Crippen LogP contribution in [0.5, 0.6) is 5.75 Å². The topological polar surface area (TPSA) is 50.8 Å². The van der Waals surface area contributed by atoms with E-state index in [-0.39, 0.29) is 24.7 Å². The molecule has 0 saturated carbocycles. The summed E-state index contributed by atoms with van der Waals surface area (Å²) in [5, 5.41) is 2.86. The van der Waals surface area contributed by atoms with Crippen LogP contribution >= 0.6 is 12.2 Å². The Morgan fingerprint density at radius 3 is 2.38 bits per heavy atom. The minimum atomic E-state index is -0.191. The van der Waals surface area contributed by atoms with Gasteiger partial charge in [0.05, 0.1) is 12.2 Å². The highest BCUT2D eigenvalue weighted by molar-refractivity contribution is 7.80. The molecule has 2 aromatic carbocycles. The highest BCUT2D eigenvalue weighted by Gasteiger charge is 2.24. The highest BCUT2D eigenvalue weighted by Crippen LogP contribution is 2.18. The lowest BCUT2D eigenvalue weighted by atomic mass is 10.1. The molecule has 1 heterocycles. The van der Waals surface area contributed by atoms with Crippen LogP contribution in [0.1, 0.15) is 30.5 Å². The fourth-order valence-corrected chi connectivity index (χ4v) is 3.67. The van der Waals surface area contributed by atoms with Crippen LogP contribution in [0.3, 0.4) is 0 Å². The zero-order valence-corrected chi connectivity index (χ0v) is 18.2. The lowest BCUT2D eigenvalue weighted by Gasteiger charge is -2.37. The average molecular weight is 413 g/mol. The van der Waals surface area contributed by atoms with E-state index >= 15 is 0 Å². The quantitative estimate of drug-likeness (QED) is 0.749. The van der Waals surface area contributed by atoms with E-state index in [1.807, 2.05) is 56.3 Å². The molecule has 0 bridgehead atoms. The smallest absolute Gasteiger partial charge is 0.262 e. The van der Waals surface area contributed by atoms with Gasteiger partial charge in [-0.25, -0.2) is 0 Å². The summed E-state index contributed by atoms with van der Waals surface area (Å²) >= 11 is 5.65. The van der Waals surface area contributed by atoms with E-state index in [2.05, 4.69) is 24.1 Å². The first kappa shape index (κ1) is 21.3. The lowest BCUT2D eigenvalue weighted by molar-refractivity contribution is -0.118. The summed E-state index contributed by atoms with van der Waals surface area (Å²) in [6.45, 7) is 9.72. The second-order valence-electron chi connectivity index (χ2n) is 7.63. The molecule has 0 unspecified atom stereocenters. The van der Waals surface area contributed by atoms with Gasteiger partial charge in [0, 0.05) is 24.3 Å². The summed E-state index contributed by atoms with van der Waals surface area (Å²) in [4.78, 5) is 15.1. The molecule has 0 spiro atoms. The first-order chi connectivity index (χ1) is 13.8. The van der Waals surface area contributed by atoms with Crippen LogP contribution in [-0.2, 0) is 9.53 Å². The number of hydrogen-bond acceptors (Lipinski definition) is 4. The van der Waals surface area contributed by atoms with Crippen LogP contribution in [0.15, 0.2) is 42.5 Å². The Balaban J connectivity index is 1.53. The number of anilines is 1. The zero-order chi connectivity index (χ0) is 21.0. The summed E-state index contributed by atoms with van der Waals surface area (Å²) in [7, 11) is 0. The van der Waals surface area contributed by atoms with Crippen molar-refractivity contribution in [3.63, 3.8) is 0 Å². The molecule has 6 heteroatoms. The van der Waals surface area contributed by atoms with Crippen molar-refractivity contribution in [1.29, 1.82) is 0 Å². The number of amides is 1. The number of hydrogen-bond donors (Lipinski definition) is 1. The fraction of sp³-hybridized carbons (Fsp3) is 0.391. The molecule has 1 saturated heterocycles. The van der Waals surface area contributed by atoms with Gasteiger partial charge < -0.3 is 19.7 Å². The van der Waals surface area contributed by atoms with Gasteiger partial charge >= 0.3 is 0 Å². The SMILES string of the molecule is Cc1ccc(NC(=O)COc2ccc(C(=S)N3C[C@@H](C)O[C@@H](C)C3)cc2)cc1C. The molecule has 29 heavy (non-hydrogen) atoms. The van der Waals surface area contributed by atoms with Crippen molar-refractivity contribution in [2.75, 3.05) is 25.0 Å². The predicted octanol–water partition coefficient (Wildman–Crippen LogP) is 4.11. The maximum Gasteiger partial charge on any atom is 0.262 e. The third-order valence-electron chi connectivity index (χ3n) is 4.97. The molecule has 1 amide bonds. The zero-order valence-electron chi connectivity index (χ0n) is 17.4. The van der Waals surface area contributed by atoms with Crippen LogP contribution in [0.4, 0.5) is 5.69 Å². The van der Waals surface area contributed by atoms with Gasteiger partial charge in [-0.2, -0.15) is 0 Å². The molecular formula is C23H28N2O3S. The van der Waals surface area contributed by atoms with Crippen LogP contribution in [0, 0.1) is 13.8 Å². The third-order valence-corrected chi connectivity index (χ3v) is 5.46. The number of ether oxygens (including phenoxy) is 2. The first-order valence-electron chi connectivity index (χ1n) is 9.86. The summed E-state index contributed by atoms with van der Waals surface area (Å²) in [6.07, 6.45) is 0.324. The molecule has 2 atom stereocenters. The van der Waals surface area contributed by atoms with E-state index < -0.39 is 0 Å². The molecule has 1 aliphatic rings. The van der Waals surface area contributed by atoms with E-state index in [9.17, 15) is 4.79 Å². The van der Waals surface area contributed by atoms with Crippen molar-refractivity contribution in [2.45, 2.75) is 39.9 Å². The number of nitrogens with one attached hydrogen (secondary N) is 1. The summed E-state index contributed by atoms with van der Waals surface area (Å²) in [5.41, 5.74) is 4.07. The van der Waals surface area contributed by atoms with E-state index in [0.29, 0.717) is 5.75 Å². The van der Waals surface area contributed by atoms with Crippen molar-refractivity contribution < 1.29 is 14.3 Å². The Bertz CT molecular complexity index is 872. The molecule has 0 radical (unpaired) electrons. The summed E-state index contributed by atoms with van der Waals surface area (Å²) < 4.78 is 11.4. The Morgan fingerprint density at radius 2 is 1.76 bits per heavy atom. The minimum absolute atomic E-state index is 0.0464. The maximum atomic E-state index is 12.1. The lowest BCUT2D eigenvalue weighted by Crippen LogP contribution is -2.47. The second kappa shape index (κ2) is 9.37. The van der Waals surface area contributed by atoms with E-state index in [0.717, 1.165) is 34.9 Å². The van der Waals surface area contributed by atoms with E-state index in [4.69, 9.17) is 21.7 Å². The van der Waals surface area contributed by atoms with Gasteiger partial charge in [-0.05, 0) is 75.2 Å². The number of carbonyl (C=O) groups excluding carboxylic acids is 1. The number of aryl methyl sites for hydroxylation is 2. The van der Waals surface area contributed by atoms with Crippen LogP contribution in [-0.4, -0.2) is 47.7 Å². The Hall–Kier alpha value is -2.44. The molecule has 5 nitrogen and oxygen atoms in total. The van der Waals surface area contributed by atoms with Crippen molar-refractivity contribution in [3.05, 3.63) is 59.2 Å². The second-order valence-corrected chi connectivity index (χ2v) is 8.01. The van der Waals surface area contributed by atoms with Crippen LogP contribution in [0.25, 0.3) is 0 Å². The molecule has 2 aromatic rings. The third kappa shape index (κ3) is 5.78. The Morgan fingerprint density at radius 1 is 1.10 bits per heavy atom. The Labute approximate surface area is 178 Å². The number of rotatable bonds is 5. The van der Waals surface area contributed by atoms with Gasteiger partial charge in [0.2, 0.25) is 0 Å². The molecule has 1 N–H and O–H groups in total. The summed E-state index contributed by atoms with van der Waals surface area (Å²) in [6, 6.07) is 13.4. The van der Waals surface area contributed by atoms with Gasteiger partial charge in [-0.3, -0.25) is 4.79 Å². The van der Waals surface area contributed by atoms with Crippen LogP contribution < -0.4 is 10.1 Å². The van der Waals surface area contributed by atoms with Crippen molar-refractivity contribution in [1.82, 2.24) is 4.90 Å². The number of nitrogens with zero attached hydrogens (tertiary/aromatic N) is 1. The molecule has 1 fully saturated rings. The molecule has 0 aliphatic carbocycles. The fourth-order valence-electron chi connectivity index (χ4n) is 3.39. The normalized spacial score (nSPS) is 19.0. The van der Waals surface area contributed by atoms with Crippen molar-refractivity contribution in [2.24, 2.45) is 0 Å². The monoisotopic (exact) mass is 412 g/mol. The van der Waals surface area contributed by atoms with Gasteiger partial charge in [0.25, 0.3) is 5.91 Å². The number of morpholine rings is 1. The molecular weight excluding hydrogens is 384 g/mol. The molecule has 3 rings (SSSR count). The minimum Gasteiger partial charge on any atom is -0.484 e. The highest BCUT2D eigenvalue weighted by atomic mass is 32.1. The average Bonchev–Trinajstić information content (AvgIpc) is 2.68. The largest absolute Gasteiger partial charge is 0.484 e. The van der Waals surface area contributed by atoms with E-state index in [1.54, 1.807) is 0 Å². The molecule has 1 aliphatic heterocycles. The van der Waals surface area contributed by atoms with Gasteiger partial charge in [0.1, 0.15) is 10.7 Å². The van der Waals surface area contributed by atoms with Gasteiger partial charge in [0.15, 0.2) is 6.61 Å². The van der Waals surface area contributed by atoms with Gasteiger partial charge in [-0.1, -0.05) is 18.3 Å². The maximum absolute atomic E-state index is 12.1. The molecule has 0 aromatic heterocycles. The first-order valence-corrected chi connectivity index (χ1v) is 10.3.